The maximum absolute atomic E-state index is 12.6. The molecule has 2 aromatic heterocycles. The molecule has 3 heterocycles. The number of nitrogens with zero attached hydrogens (tertiary/aromatic N) is 3. The SMILES string of the molecule is CC(C)(C)c1nc2c(c(=O)[nH]1)CN(Cc1cnc(-c3ccc(Cl)cc3)s1)CC2. The van der Waals surface area contributed by atoms with Gasteiger partial charge in [-0.25, -0.2) is 9.97 Å². The molecule has 3 aromatic rings. The van der Waals surface area contributed by atoms with Crippen molar-refractivity contribution in [2.45, 2.75) is 45.7 Å². The number of aromatic amines is 1. The third-order valence-corrected chi connectivity index (χ3v) is 6.17. The minimum atomic E-state index is -0.161. The number of fused-ring (bicyclic) bond motifs is 1. The van der Waals surface area contributed by atoms with E-state index < -0.39 is 0 Å². The highest BCUT2D eigenvalue weighted by Gasteiger charge is 2.25. The van der Waals surface area contributed by atoms with E-state index in [1.54, 1.807) is 11.3 Å². The van der Waals surface area contributed by atoms with Crippen LogP contribution in [0.1, 0.15) is 42.7 Å². The lowest BCUT2D eigenvalue weighted by atomic mass is 9.95. The Morgan fingerprint density at radius 2 is 2.00 bits per heavy atom. The van der Waals surface area contributed by atoms with Crippen LogP contribution in [0, 0.1) is 0 Å². The first-order chi connectivity index (χ1) is 13.3. The maximum Gasteiger partial charge on any atom is 0.255 e. The monoisotopic (exact) mass is 414 g/mol. The number of hydrogen-bond acceptors (Lipinski definition) is 5. The van der Waals surface area contributed by atoms with Crippen LogP contribution in [0.15, 0.2) is 35.3 Å². The van der Waals surface area contributed by atoms with E-state index in [0.717, 1.165) is 52.2 Å². The summed E-state index contributed by atoms with van der Waals surface area (Å²) in [6.45, 7) is 8.49. The van der Waals surface area contributed by atoms with Crippen LogP contribution in [0.5, 0.6) is 0 Å². The van der Waals surface area contributed by atoms with Gasteiger partial charge in [-0.05, 0) is 12.1 Å². The molecule has 4 rings (SSSR count). The van der Waals surface area contributed by atoms with Gasteiger partial charge in [0.2, 0.25) is 0 Å². The number of halogens is 1. The average Bonchev–Trinajstić information content (AvgIpc) is 3.10. The normalized spacial score (nSPS) is 14.9. The Kier molecular flexibility index (Phi) is 5.12. The number of hydrogen-bond donors (Lipinski definition) is 1. The van der Waals surface area contributed by atoms with E-state index in [1.165, 1.54) is 4.88 Å². The molecule has 1 aromatic carbocycles. The standard InChI is InChI=1S/C21H23ClN4OS/c1-21(2,3)20-24-17-8-9-26(12-16(17)18(27)25-20)11-15-10-23-19(28-15)13-4-6-14(22)7-5-13/h4-7,10H,8-9,11-12H2,1-3H3,(H,24,25,27). The van der Waals surface area contributed by atoms with Crippen LogP contribution < -0.4 is 5.56 Å². The number of nitrogens with one attached hydrogen (secondary N) is 1. The Balaban J connectivity index is 1.50. The predicted molar refractivity (Wildman–Crippen MR) is 114 cm³/mol. The molecule has 1 N–H and O–H groups in total. The summed E-state index contributed by atoms with van der Waals surface area (Å²) in [4.78, 5) is 28.3. The van der Waals surface area contributed by atoms with E-state index in [2.05, 4.69) is 35.6 Å². The average molecular weight is 415 g/mol. The van der Waals surface area contributed by atoms with Crippen LogP contribution in [-0.4, -0.2) is 26.4 Å². The van der Waals surface area contributed by atoms with Crippen LogP contribution in [0.4, 0.5) is 0 Å². The lowest BCUT2D eigenvalue weighted by molar-refractivity contribution is 0.243. The van der Waals surface area contributed by atoms with Gasteiger partial charge in [0.25, 0.3) is 5.56 Å². The molecular weight excluding hydrogens is 392 g/mol. The molecule has 0 saturated heterocycles. The van der Waals surface area contributed by atoms with Gasteiger partial charge in [-0.3, -0.25) is 9.69 Å². The Hall–Kier alpha value is -2.02. The molecule has 7 heteroatoms. The molecule has 146 valence electrons. The molecular formula is C21H23ClN4OS. The third-order valence-electron chi connectivity index (χ3n) is 4.88. The van der Waals surface area contributed by atoms with Gasteiger partial charge in [-0.15, -0.1) is 11.3 Å². The molecule has 0 atom stereocenters. The molecule has 0 fully saturated rings. The zero-order valence-electron chi connectivity index (χ0n) is 16.3. The predicted octanol–water partition coefficient (Wildman–Crippen LogP) is 4.40. The molecule has 1 aliphatic rings. The van der Waals surface area contributed by atoms with Crippen LogP contribution in [0.2, 0.25) is 5.02 Å². The van der Waals surface area contributed by atoms with Crippen molar-refractivity contribution in [1.29, 1.82) is 0 Å². The van der Waals surface area contributed by atoms with Gasteiger partial charge in [0.05, 0.1) is 11.3 Å². The third kappa shape index (κ3) is 4.04. The van der Waals surface area contributed by atoms with Crippen LogP contribution >= 0.6 is 22.9 Å². The molecule has 0 amide bonds. The molecule has 0 saturated carbocycles. The fourth-order valence-electron chi connectivity index (χ4n) is 3.30. The van der Waals surface area contributed by atoms with Gasteiger partial charge in [0.1, 0.15) is 10.8 Å². The molecule has 5 nitrogen and oxygen atoms in total. The van der Waals surface area contributed by atoms with Crippen molar-refractivity contribution in [2.24, 2.45) is 0 Å². The first kappa shape index (κ1) is 19.3. The molecule has 0 bridgehead atoms. The second kappa shape index (κ2) is 7.43. The van der Waals surface area contributed by atoms with E-state index in [9.17, 15) is 4.79 Å². The van der Waals surface area contributed by atoms with Gasteiger partial charge < -0.3 is 4.98 Å². The molecule has 0 unspecified atom stereocenters. The van der Waals surface area contributed by atoms with Gasteiger partial charge in [0.15, 0.2) is 0 Å². The second-order valence-electron chi connectivity index (χ2n) is 8.19. The Bertz CT molecular complexity index is 1050. The van der Waals surface area contributed by atoms with Crippen LogP contribution in [-0.2, 0) is 24.9 Å². The number of aromatic nitrogens is 3. The summed E-state index contributed by atoms with van der Waals surface area (Å²) < 4.78 is 0. The highest BCUT2D eigenvalue weighted by Crippen LogP contribution is 2.28. The minimum Gasteiger partial charge on any atom is -0.310 e. The summed E-state index contributed by atoms with van der Waals surface area (Å²) in [5, 5.41) is 1.71. The van der Waals surface area contributed by atoms with Gasteiger partial charge >= 0.3 is 0 Å². The smallest absolute Gasteiger partial charge is 0.255 e. The lowest BCUT2D eigenvalue weighted by Crippen LogP contribution is -2.36. The largest absolute Gasteiger partial charge is 0.310 e. The maximum atomic E-state index is 12.6. The van der Waals surface area contributed by atoms with Crippen molar-refractivity contribution < 1.29 is 0 Å². The summed E-state index contributed by atoms with van der Waals surface area (Å²) in [6, 6.07) is 7.73. The van der Waals surface area contributed by atoms with Gasteiger partial charge in [0, 0.05) is 53.1 Å². The topological polar surface area (TPSA) is 61.9 Å². The summed E-state index contributed by atoms with van der Waals surface area (Å²) in [6.07, 6.45) is 2.72. The zero-order chi connectivity index (χ0) is 19.9. The fourth-order valence-corrected chi connectivity index (χ4v) is 4.38. The van der Waals surface area contributed by atoms with Gasteiger partial charge in [-0.2, -0.15) is 0 Å². The quantitative estimate of drug-likeness (QED) is 0.689. The van der Waals surface area contributed by atoms with Crippen LogP contribution in [0.25, 0.3) is 10.6 Å². The van der Waals surface area contributed by atoms with Crippen molar-refractivity contribution in [2.75, 3.05) is 6.54 Å². The van der Waals surface area contributed by atoms with Crippen molar-refractivity contribution >= 4 is 22.9 Å². The lowest BCUT2D eigenvalue weighted by Gasteiger charge is -2.28. The number of thiazole rings is 1. The fraction of sp³-hybridized carbons (Fsp3) is 0.381. The van der Waals surface area contributed by atoms with Gasteiger partial charge in [-0.1, -0.05) is 44.5 Å². The molecule has 0 radical (unpaired) electrons. The van der Waals surface area contributed by atoms with Crippen molar-refractivity contribution in [3.8, 4) is 10.6 Å². The number of rotatable bonds is 3. The summed E-state index contributed by atoms with van der Waals surface area (Å²) in [5.41, 5.74) is 2.63. The van der Waals surface area contributed by atoms with Crippen molar-refractivity contribution in [1.82, 2.24) is 19.9 Å². The summed E-state index contributed by atoms with van der Waals surface area (Å²) in [5.74, 6) is 0.764. The minimum absolute atomic E-state index is 0.00853. The number of benzene rings is 1. The highest BCUT2D eigenvalue weighted by atomic mass is 35.5. The molecule has 0 spiro atoms. The van der Waals surface area contributed by atoms with E-state index in [1.807, 2.05) is 30.5 Å². The first-order valence-corrected chi connectivity index (χ1v) is 10.5. The molecule has 0 aliphatic carbocycles. The summed E-state index contributed by atoms with van der Waals surface area (Å²) in [7, 11) is 0. The van der Waals surface area contributed by atoms with Crippen LogP contribution in [0.3, 0.4) is 0 Å². The van der Waals surface area contributed by atoms with Crippen molar-refractivity contribution in [3.05, 3.63) is 67.8 Å². The first-order valence-electron chi connectivity index (χ1n) is 9.35. The molecule has 1 aliphatic heterocycles. The second-order valence-corrected chi connectivity index (χ2v) is 9.74. The highest BCUT2D eigenvalue weighted by molar-refractivity contribution is 7.15. The van der Waals surface area contributed by atoms with Crippen molar-refractivity contribution in [3.63, 3.8) is 0 Å². The Morgan fingerprint density at radius 3 is 2.71 bits per heavy atom. The van der Waals surface area contributed by atoms with E-state index in [4.69, 9.17) is 16.6 Å². The zero-order valence-corrected chi connectivity index (χ0v) is 17.8. The van der Waals surface area contributed by atoms with E-state index in [0.29, 0.717) is 6.54 Å². The number of H-pyrrole nitrogens is 1. The Labute approximate surface area is 173 Å². The molecule has 28 heavy (non-hydrogen) atoms. The summed E-state index contributed by atoms with van der Waals surface area (Å²) >= 11 is 7.64. The van der Waals surface area contributed by atoms with E-state index in [-0.39, 0.29) is 11.0 Å². The Morgan fingerprint density at radius 1 is 1.25 bits per heavy atom. The van der Waals surface area contributed by atoms with E-state index >= 15 is 0 Å².